The zero-order valence-electron chi connectivity index (χ0n) is 11.9. The first-order valence-corrected chi connectivity index (χ1v) is 12.0. The maximum Gasteiger partial charge on any atom is 0.104 e. The Bertz CT molecular complexity index is 98.8. The van der Waals surface area contributed by atoms with E-state index in [2.05, 4.69) is 20.8 Å². The molecular weight excluding hydrogens is 307 g/mol. The second-order valence-corrected chi connectivity index (χ2v) is 11.2. The quantitative estimate of drug-likeness (QED) is 0.290. The van der Waals surface area contributed by atoms with Crippen LogP contribution in [0.1, 0.15) is 78.6 Å². The van der Waals surface area contributed by atoms with Crippen LogP contribution in [-0.4, -0.2) is 13.3 Å². The maximum atomic E-state index is 2.33. The fourth-order valence-electron chi connectivity index (χ4n) is 1.88. The minimum atomic E-state index is -0.505. The fourth-order valence-corrected chi connectivity index (χ4v) is 8.36. The van der Waals surface area contributed by atoms with Crippen molar-refractivity contribution < 1.29 is 19.8 Å². The van der Waals surface area contributed by atoms with E-state index in [1.807, 2.05) is 0 Å². The van der Waals surface area contributed by atoms with Crippen LogP contribution in [0.3, 0.4) is 0 Å². The summed E-state index contributed by atoms with van der Waals surface area (Å²) in [5.41, 5.74) is 0. The summed E-state index contributed by atoms with van der Waals surface area (Å²) in [6, 6.07) is 0. The van der Waals surface area contributed by atoms with Crippen molar-refractivity contribution in [3.63, 3.8) is 0 Å². The lowest BCUT2D eigenvalue weighted by molar-refractivity contribution is -0.900. The first kappa shape index (κ1) is 16.7. The second-order valence-electron chi connectivity index (χ2n) is 4.76. The highest BCUT2D eigenvalue weighted by molar-refractivity contribution is 4.41. The molecule has 99 valence electrons. The van der Waals surface area contributed by atoms with Crippen molar-refractivity contribution in [3.8, 4) is 0 Å². The van der Waals surface area contributed by atoms with Crippen LogP contribution in [0.5, 0.6) is 0 Å². The molecule has 0 saturated carbocycles. The van der Waals surface area contributed by atoms with E-state index in [0.29, 0.717) is 0 Å². The Kier molecular flexibility index (Phi) is 14.4. The van der Waals surface area contributed by atoms with Gasteiger partial charge in [0.05, 0.1) is 19.8 Å². The smallest absolute Gasteiger partial charge is 0.0654 e. The Hall–Kier alpha value is 0.730. The van der Waals surface area contributed by atoms with E-state index in [9.17, 15) is 0 Å². The standard InChI is InChI=1S/C15H33I/c1-4-7-10-13-16(14-11-8-5-2)15-12-9-6-3/h4-15H2,1-3H3/q+1. The van der Waals surface area contributed by atoms with Gasteiger partial charge in [-0.05, 0) is 38.5 Å². The van der Waals surface area contributed by atoms with Crippen LogP contribution < -0.4 is 19.8 Å². The van der Waals surface area contributed by atoms with Crippen LogP contribution in [0.25, 0.3) is 0 Å². The molecule has 0 nitrogen and oxygen atoms in total. The molecule has 0 atom stereocenters. The molecule has 0 fully saturated rings. The van der Waals surface area contributed by atoms with Crippen LogP contribution in [0, 0.1) is 0 Å². The summed E-state index contributed by atoms with van der Waals surface area (Å²) in [6.07, 6.45) is 13.3. The Morgan fingerprint density at radius 2 is 0.812 bits per heavy atom. The van der Waals surface area contributed by atoms with Crippen molar-refractivity contribution in [1.29, 1.82) is 0 Å². The van der Waals surface area contributed by atoms with Gasteiger partial charge in [-0.25, -0.2) is 0 Å². The van der Waals surface area contributed by atoms with Crippen LogP contribution in [0.15, 0.2) is 0 Å². The highest BCUT2D eigenvalue weighted by Gasteiger charge is 2.17. The molecule has 0 aliphatic heterocycles. The van der Waals surface area contributed by atoms with Crippen molar-refractivity contribution in [2.75, 3.05) is 13.3 Å². The molecule has 16 heavy (non-hydrogen) atoms. The summed E-state index contributed by atoms with van der Waals surface area (Å²) in [6.45, 7) is 6.98. The molecule has 0 aromatic rings. The molecule has 0 rings (SSSR count). The molecule has 0 unspecified atom stereocenters. The molecule has 0 aromatic carbocycles. The number of rotatable bonds is 12. The van der Waals surface area contributed by atoms with Crippen molar-refractivity contribution in [2.45, 2.75) is 78.6 Å². The highest BCUT2D eigenvalue weighted by atomic mass is 127. The summed E-state index contributed by atoms with van der Waals surface area (Å²) in [7, 11) is 0. The van der Waals surface area contributed by atoms with Gasteiger partial charge in [-0.3, -0.25) is 0 Å². The summed E-state index contributed by atoms with van der Waals surface area (Å²) in [5.74, 6) is 0. The molecule has 0 amide bonds. The zero-order valence-corrected chi connectivity index (χ0v) is 14.0. The van der Waals surface area contributed by atoms with Crippen LogP contribution in [0.4, 0.5) is 0 Å². The summed E-state index contributed by atoms with van der Waals surface area (Å²) >= 11 is -0.505. The van der Waals surface area contributed by atoms with E-state index in [1.54, 1.807) is 32.5 Å². The van der Waals surface area contributed by atoms with Gasteiger partial charge in [-0.2, -0.15) is 0 Å². The third-order valence-corrected chi connectivity index (χ3v) is 9.88. The van der Waals surface area contributed by atoms with E-state index >= 15 is 0 Å². The van der Waals surface area contributed by atoms with Crippen LogP contribution >= 0.6 is 0 Å². The maximum absolute atomic E-state index is 2.33. The average molecular weight is 340 g/mol. The largest absolute Gasteiger partial charge is 0.104 e. The lowest BCUT2D eigenvalue weighted by atomic mass is 10.3. The van der Waals surface area contributed by atoms with Crippen LogP contribution in [0.2, 0.25) is 0 Å². The monoisotopic (exact) mass is 340 g/mol. The topological polar surface area (TPSA) is 0 Å². The average Bonchev–Trinajstić information content (AvgIpc) is 2.29. The van der Waals surface area contributed by atoms with Crippen molar-refractivity contribution >= 4 is 0 Å². The minimum absolute atomic E-state index is 0.505. The zero-order chi connectivity index (χ0) is 12.1. The fraction of sp³-hybridized carbons (Fsp3) is 1.00. The van der Waals surface area contributed by atoms with Gasteiger partial charge in [0.1, 0.15) is 13.3 Å². The predicted molar refractivity (Wildman–Crippen MR) is 73.2 cm³/mol. The van der Waals surface area contributed by atoms with E-state index in [1.165, 1.54) is 38.5 Å². The first-order valence-electron chi connectivity index (χ1n) is 7.42. The Morgan fingerprint density at radius 1 is 0.500 bits per heavy atom. The number of hydrogen-bond acceptors (Lipinski definition) is 0. The lowest BCUT2D eigenvalue weighted by Gasteiger charge is -2.07. The number of unbranched alkanes of at least 4 members (excludes halogenated alkanes) is 6. The molecule has 1 heteroatoms. The molecule has 0 spiro atoms. The molecule has 0 aliphatic carbocycles. The molecule has 0 saturated heterocycles. The summed E-state index contributed by atoms with van der Waals surface area (Å²) in [5, 5.41) is 0. The molecule has 0 aromatic heterocycles. The number of halogens is 1. The minimum Gasteiger partial charge on any atom is -0.0654 e. The van der Waals surface area contributed by atoms with Crippen LogP contribution in [-0.2, 0) is 0 Å². The van der Waals surface area contributed by atoms with E-state index in [4.69, 9.17) is 0 Å². The molecular formula is C15H33I+. The Labute approximate surface area is 111 Å². The van der Waals surface area contributed by atoms with Gasteiger partial charge in [-0.1, -0.05) is 40.0 Å². The van der Waals surface area contributed by atoms with Gasteiger partial charge in [0.25, 0.3) is 0 Å². The molecule has 0 N–H and O–H groups in total. The van der Waals surface area contributed by atoms with E-state index in [0.717, 1.165) is 0 Å². The van der Waals surface area contributed by atoms with Gasteiger partial charge in [0, 0.05) is 0 Å². The molecule has 0 heterocycles. The molecule has 0 aliphatic rings. The number of alkyl halides is 3. The van der Waals surface area contributed by atoms with Gasteiger partial charge in [0.2, 0.25) is 0 Å². The third-order valence-electron chi connectivity index (χ3n) is 3.01. The van der Waals surface area contributed by atoms with E-state index in [-0.39, 0.29) is 0 Å². The molecule has 0 bridgehead atoms. The molecule has 1 radical (unpaired) electrons. The highest BCUT2D eigenvalue weighted by Crippen LogP contribution is 1.91. The van der Waals surface area contributed by atoms with Gasteiger partial charge in [0.15, 0.2) is 0 Å². The Morgan fingerprint density at radius 3 is 1.06 bits per heavy atom. The van der Waals surface area contributed by atoms with Crippen molar-refractivity contribution in [2.24, 2.45) is 0 Å². The summed E-state index contributed by atoms with van der Waals surface area (Å²) < 4.78 is 4.97. The van der Waals surface area contributed by atoms with Gasteiger partial charge in [-0.15, -0.1) is 0 Å². The lowest BCUT2D eigenvalue weighted by Crippen LogP contribution is -3.88. The second kappa shape index (κ2) is 13.8. The first-order chi connectivity index (χ1) is 7.85. The van der Waals surface area contributed by atoms with Gasteiger partial charge < -0.3 is 0 Å². The predicted octanol–water partition coefficient (Wildman–Crippen LogP) is 2.18. The SMILES string of the molecule is CCCCC[I+](CCCCC)CCCCC. The van der Waals surface area contributed by atoms with Gasteiger partial charge >= 0.3 is 0 Å². The van der Waals surface area contributed by atoms with Crippen molar-refractivity contribution in [3.05, 3.63) is 0 Å². The summed E-state index contributed by atoms with van der Waals surface area (Å²) in [4.78, 5) is 0. The van der Waals surface area contributed by atoms with E-state index < -0.39 is 19.8 Å². The Balaban J connectivity index is 3.58. The third kappa shape index (κ3) is 11.2. The number of hydrogen-bond donors (Lipinski definition) is 0. The normalized spacial score (nSPS) is 11.2. The van der Waals surface area contributed by atoms with Crippen molar-refractivity contribution in [1.82, 2.24) is 0 Å².